The lowest BCUT2D eigenvalue weighted by Gasteiger charge is -2.58. The Morgan fingerprint density at radius 1 is 1.06 bits per heavy atom. The average molecular weight is 473 g/mol. The molecule has 0 bridgehead atoms. The number of carboxylic acids is 1. The molecule has 0 saturated heterocycles. The van der Waals surface area contributed by atoms with E-state index in [1.165, 1.54) is 57.8 Å². The fourth-order valence-electron chi connectivity index (χ4n) is 9.27. The van der Waals surface area contributed by atoms with Gasteiger partial charge in [-0.3, -0.25) is 4.79 Å². The van der Waals surface area contributed by atoms with E-state index in [1.54, 1.807) is 5.57 Å². The number of hydrogen-bond acceptors (Lipinski definition) is 2. The predicted octanol–water partition coefficient (Wildman–Crippen LogP) is 8.28. The second-order valence-electron chi connectivity index (χ2n) is 13.5. The van der Waals surface area contributed by atoms with Gasteiger partial charge in [-0.05, 0) is 104 Å². The van der Waals surface area contributed by atoms with E-state index in [1.807, 2.05) is 0 Å². The van der Waals surface area contributed by atoms with Crippen molar-refractivity contribution >= 4 is 5.97 Å². The molecule has 4 rings (SSSR count). The zero-order chi connectivity index (χ0) is 24.5. The van der Waals surface area contributed by atoms with Gasteiger partial charge in [-0.2, -0.15) is 0 Å². The van der Waals surface area contributed by atoms with Gasteiger partial charge in [0.05, 0.1) is 6.10 Å². The summed E-state index contributed by atoms with van der Waals surface area (Å²) in [6.45, 7) is 13.2. The molecule has 0 aromatic carbocycles. The van der Waals surface area contributed by atoms with Crippen LogP contribution in [0.25, 0.3) is 0 Å². The van der Waals surface area contributed by atoms with Crippen molar-refractivity contribution in [2.75, 3.05) is 6.61 Å². The minimum absolute atomic E-state index is 0.217. The SMILES string of the molecule is CC(C)CCC[C@@H](C)[C@H]1CCC2C3CC=C4C[C@@H](OCCCC(=O)O)CC[C@]4(C)C3CC[C@@]21C. The molecule has 0 heterocycles. The van der Waals surface area contributed by atoms with Gasteiger partial charge < -0.3 is 9.84 Å². The van der Waals surface area contributed by atoms with E-state index < -0.39 is 5.97 Å². The molecule has 0 amide bonds. The Morgan fingerprint density at radius 3 is 2.59 bits per heavy atom. The molecule has 3 nitrogen and oxygen atoms in total. The third-order valence-electron chi connectivity index (χ3n) is 11.1. The van der Waals surface area contributed by atoms with Crippen LogP contribution in [-0.2, 0) is 9.53 Å². The molecule has 3 heteroatoms. The summed E-state index contributed by atoms with van der Waals surface area (Å²) in [6, 6.07) is 0. The lowest BCUT2D eigenvalue weighted by atomic mass is 9.47. The van der Waals surface area contributed by atoms with Gasteiger partial charge in [-0.1, -0.05) is 65.5 Å². The number of aliphatic carboxylic acids is 1. The van der Waals surface area contributed by atoms with Crippen LogP contribution in [0, 0.1) is 46.3 Å². The van der Waals surface area contributed by atoms with Crippen molar-refractivity contribution in [1.82, 2.24) is 0 Å². The van der Waals surface area contributed by atoms with Crippen LogP contribution in [0.2, 0.25) is 0 Å². The average Bonchev–Trinajstić information content (AvgIpc) is 3.13. The lowest BCUT2D eigenvalue weighted by molar-refractivity contribution is -0.137. The summed E-state index contributed by atoms with van der Waals surface area (Å²) in [5, 5.41) is 8.87. The first-order valence-corrected chi connectivity index (χ1v) is 14.7. The molecule has 0 aromatic heterocycles. The molecular formula is C31H52O3. The first-order chi connectivity index (χ1) is 16.1. The first kappa shape index (κ1) is 26.2. The van der Waals surface area contributed by atoms with E-state index in [0.717, 1.165) is 48.3 Å². The summed E-state index contributed by atoms with van der Waals surface area (Å²) in [6.07, 6.45) is 18.5. The van der Waals surface area contributed by atoms with Gasteiger partial charge in [0.1, 0.15) is 0 Å². The van der Waals surface area contributed by atoms with Crippen LogP contribution < -0.4 is 0 Å². The topological polar surface area (TPSA) is 46.5 Å². The third kappa shape index (κ3) is 5.16. The van der Waals surface area contributed by atoms with E-state index >= 15 is 0 Å². The zero-order valence-electron chi connectivity index (χ0n) is 22.8. The summed E-state index contributed by atoms with van der Waals surface area (Å²) in [7, 11) is 0. The Hall–Kier alpha value is -0.830. The van der Waals surface area contributed by atoms with Crippen LogP contribution in [0.15, 0.2) is 11.6 Å². The normalized spacial score (nSPS) is 40.3. The van der Waals surface area contributed by atoms with Crippen molar-refractivity contribution < 1.29 is 14.6 Å². The third-order valence-corrected chi connectivity index (χ3v) is 11.1. The molecule has 1 N–H and O–H groups in total. The highest BCUT2D eigenvalue weighted by atomic mass is 16.5. The van der Waals surface area contributed by atoms with Gasteiger partial charge in [0.25, 0.3) is 0 Å². The molecule has 3 unspecified atom stereocenters. The van der Waals surface area contributed by atoms with E-state index in [9.17, 15) is 4.79 Å². The second-order valence-corrected chi connectivity index (χ2v) is 13.5. The monoisotopic (exact) mass is 472 g/mol. The quantitative estimate of drug-likeness (QED) is 0.257. The van der Waals surface area contributed by atoms with Crippen molar-refractivity contribution in [3.8, 4) is 0 Å². The highest BCUT2D eigenvalue weighted by Crippen LogP contribution is 2.67. The number of ether oxygens (including phenoxy) is 1. The maximum Gasteiger partial charge on any atom is 0.303 e. The second kappa shape index (κ2) is 10.7. The number of hydrogen-bond donors (Lipinski definition) is 1. The summed E-state index contributed by atoms with van der Waals surface area (Å²) >= 11 is 0. The molecule has 8 atom stereocenters. The van der Waals surface area contributed by atoms with Crippen molar-refractivity contribution in [2.24, 2.45) is 46.3 Å². The largest absolute Gasteiger partial charge is 0.481 e. The van der Waals surface area contributed by atoms with Crippen molar-refractivity contribution in [1.29, 1.82) is 0 Å². The predicted molar refractivity (Wildman–Crippen MR) is 140 cm³/mol. The van der Waals surface area contributed by atoms with Gasteiger partial charge in [0, 0.05) is 13.0 Å². The van der Waals surface area contributed by atoms with Crippen LogP contribution in [-0.4, -0.2) is 23.8 Å². The maximum absolute atomic E-state index is 10.8. The number of fused-ring (bicyclic) bond motifs is 5. The molecule has 194 valence electrons. The van der Waals surface area contributed by atoms with Crippen molar-refractivity contribution in [3.05, 3.63) is 11.6 Å². The lowest BCUT2D eigenvalue weighted by Crippen LogP contribution is -2.51. The van der Waals surface area contributed by atoms with E-state index in [-0.39, 0.29) is 6.42 Å². The molecule has 0 aliphatic heterocycles. The minimum atomic E-state index is -0.718. The van der Waals surface area contributed by atoms with Crippen LogP contribution in [0.3, 0.4) is 0 Å². The van der Waals surface area contributed by atoms with Gasteiger partial charge in [0.15, 0.2) is 0 Å². The fourth-order valence-corrected chi connectivity index (χ4v) is 9.27. The molecule has 4 aliphatic rings. The fraction of sp³-hybridized carbons (Fsp3) is 0.903. The van der Waals surface area contributed by atoms with Gasteiger partial charge in [-0.25, -0.2) is 0 Å². The number of rotatable bonds is 10. The Bertz CT molecular complexity index is 741. The Balaban J connectivity index is 1.38. The van der Waals surface area contributed by atoms with Gasteiger partial charge >= 0.3 is 5.97 Å². The van der Waals surface area contributed by atoms with E-state index in [2.05, 4.69) is 40.7 Å². The molecular weight excluding hydrogens is 420 g/mol. The Labute approximate surface area is 209 Å². The summed E-state index contributed by atoms with van der Waals surface area (Å²) < 4.78 is 6.13. The standard InChI is InChI=1S/C31H52O3/c1-21(2)8-6-9-22(3)26-13-14-27-25-12-11-23-20-24(34-19-7-10-29(32)33)15-17-30(23,4)28(25)16-18-31(26,27)5/h11,21-22,24-28H,6-10,12-20H2,1-5H3,(H,32,33)/t22-,24+,25?,26-,27?,28?,30+,31-/m1/s1. The zero-order valence-corrected chi connectivity index (χ0v) is 22.8. The molecule has 3 saturated carbocycles. The van der Waals surface area contributed by atoms with E-state index in [4.69, 9.17) is 9.84 Å². The van der Waals surface area contributed by atoms with Crippen LogP contribution in [0.4, 0.5) is 0 Å². The van der Waals surface area contributed by atoms with Crippen LogP contribution >= 0.6 is 0 Å². The smallest absolute Gasteiger partial charge is 0.303 e. The highest BCUT2D eigenvalue weighted by molar-refractivity contribution is 5.66. The van der Waals surface area contributed by atoms with Crippen LogP contribution in [0.5, 0.6) is 0 Å². The summed E-state index contributed by atoms with van der Waals surface area (Å²) in [5.41, 5.74) is 2.60. The van der Waals surface area contributed by atoms with Crippen molar-refractivity contribution in [3.63, 3.8) is 0 Å². The minimum Gasteiger partial charge on any atom is -0.481 e. The molecule has 0 aromatic rings. The summed E-state index contributed by atoms with van der Waals surface area (Å²) in [4.78, 5) is 10.8. The molecule has 0 spiro atoms. The van der Waals surface area contributed by atoms with Crippen molar-refractivity contribution in [2.45, 2.75) is 124 Å². The van der Waals surface area contributed by atoms with Gasteiger partial charge in [-0.15, -0.1) is 0 Å². The number of allylic oxidation sites excluding steroid dienone is 1. The van der Waals surface area contributed by atoms with Gasteiger partial charge in [0.2, 0.25) is 0 Å². The molecule has 4 aliphatic carbocycles. The molecule has 3 fully saturated rings. The molecule has 0 radical (unpaired) electrons. The first-order valence-electron chi connectivity index (χ1n) is 14.7. The Kier molecular flexibility index (Phi) is 8.22. The van der Waals surface area contributed by atoms with Crippen LogP contribution in [0.1, 0.15) is 118 Å². The van der Waals surface area contributed by atoms with E-state index in [0.29, 0.717) is 30.0 Å². The molecule has 34 heavy (non-hydrogen) atoms. The number of carbonyl (C=O) groups is 1. The highest BCUT2D eigenvalue weighted by Gasteiger charge is 2.59. The summed E-state index contributed by atoms with van der Waals surface area (Å²) in [5.74, 6) is 4.58. The Morgan fingerprint density at radius 2 is 1.85 bits per heavy atom. The maximum atomic E-state index is 10.8. The number of carboxylic acid groups (broad SMARTS) is 1.